The Bertz CT molecular complexity index is 1120. The van der Waals surface area contributed by atoms with Crippen molar-refractivity contribution in [3.05, 3.63) is 59.7 Å². The van der Waals surface area contributed by atoms with Gasteiger partial charge in [0.2, 0.25) is 0 Å². The van der Waals surface area contributed by atoms with Crippen molar-refractivity contribution in [3.8, 4) is 0 Å². The lowest BCUT2D eigenvalue weighted by Gasteiger charge is -2.31. The first-order valence-electron chi connectivity index (χ1n) is 9.07. The summed E-state index contributed by atoms with van der Waals surface area (Å²) >= 11 is 0. The highest BCUT2D eigenvalue weighted by atomic mass is 32.2. The van der Waals surface area contributed by atoms with E-state index >= 15 is 0 Å². The predicted molar refractivity (Wildman–Crippen MR) is 113 cm³/mol. The van der Waals surface area contributed by atoms with Crippen LogP contribution in [0.3, 0.4) is 0 Å². The van der Waals surface area contributed by atoms with Gasteiger partial charge in [-0.2, -0.15) is 8.42 Å². The molecule has 2 aromatic rings. The summed E-state index contributed by atoms with van der Waals surface area (Å²) in [6, 6.07) is 11.5. The van der Waals surface area contributed by atoms with Gasteiger partial charge in [-0.15, -0.1) is 4.41 Å². The number of hydrazine groups is 1. The van der Waals surface area contributed by atoms with Crippen LogP contribution in [0.5, 0.6) is 0 Å². The molecule has 10 heteroatoms. The molecule has 164 valence electrons. The fourth-order valence-corrected chi connectivity index (χ4v) is 5.23. The van der Waals surface area contributed by atoms with Crippen molar-refractivity contribution in [3.63, 3.8) is 0 Å². The molecular weight excluding hydrogens is 428 g/mol. The Balaban J connectivity index is 2.62. The Kier molecular flexibility index (Phi) is 6.65. The summed E-state index contributed by atoms with van der Waals surface area (Å²) < 4.78 is 58.5. The average Bonchev–Trinajstić information content (AvgIpc) is 2.60. The number of hydrogen-bond acceptors (Lipinski definition) is 6. The number of sulfonamides is 2. The maximum absolute atomic E-state index is 13.3. The average molecular weight is 455 g/mol. The Morgan fingerprint density at radius 1 is 0.767 bits per heavy atom. The van der Waals surface area contributed by atoms with Gasteiger partial charge in [-0.1, -0.05) is 39.8 Å². The monoisotopic (exact) mass is 454 g/mol. The summed E-state index contributed by atoms with van der Waals surface area (Å²) in [5.41, 5.74) is 0.582. The fourth-order valence-electron chi connectivity index (χ4n) is 2.44. The molecule has 0 heterocycles. The van der Waals surface area contributed by atoms with Gasteiger partial charge in [0.1, 0.15) is 5.60 Å². The lowest BCUT2D eigenvalue weighted by molar-refractivity contribution is 0.0195. The molecule has 0 aromatic heterocycles. The zero-order chi connectivity index (χ0) is 22.9. The number of amides is 1. The topological polar surface area (TPSA) is 101 Å². The molecule has 0 aliphatic carbocycles. The predicted octanol–water partition coefficient (Wildman–Crippen LogP) is 3.46. The minimum absolute atomic E-state index is 0.137. The van der Waals surface area contributed by atoms with Gasteiger partial charge in [0.05, 0.1) is 9.79 Å². The van der Waals surface area contributed by atoms with E-state index in [-0.39, 0.29) is 14.2 Å². The van der Waals surface area contributed by atoms with E-state index in [0.29, 0.717) is 4.41 Å². The quantitative estimate of drug-likeness (QED) is 0.641. The van der Waals surface area contributed by atoms with Crippen molar-refractivity contribution < 1.29 is 26.4 Å². The summed E-state index contributed by atoms with van der Waals surface area (Å²) in [5, 5.41) is 0. The van der Waals surface area contributed by atoms with Crippen LogP contribution in [0.1, 0.15) is 31.9 Å². The number of benzene rings is 2. The number of nitrogens with zero attached hydrogens (tertiary/aromatic N) is 2. The van der Waals surface area contributed by atoms with E-state index in [1.54, 1.807) is 58.9 Å². The molecule has 0 spiro atoms. The van der Waals surface area contributed by atoms with Gasteiger partial charge in [-0.25, -0.2) is 13.2 Å². The minimum atomic E-state index is -4.58. The van der Waals surface area contributed by atoms with E-state index in [0.717, 1.165) is 18.2 Å². The van der Waals surface area contributed by atoms with Gasteiger partial charge < -0.3 is 4.74 Å². The molecule has 0 radical (unpaired) electrons. The molecule has 0 aliphatic heterocycles. The van der Waals surface area contributed by atoms with Gasteiger partial charge in [-0.05, 0) is 58.9 Å². The van der Waals surface area contributed by atoms with E-state index in [9.17, 15) is 21.6 Å². The maximum Gasteiger partial charge on any atom is 0.440 e. The van der Waals surface area contributed by atoms with Crippen LogP contribution in [0.2, 0.25) is 0 Å². The zero-order valence-electron chi connectivity index (χ0n) is 17.8. The number of rotatable bonds is 5. The SMILES string of the molecule is Cc1ccc(S(=O)(=O)N(C)N(C(=O)OC(C)(C)C)S(=O)(=O)c2ccc(C)cc2)cc1. The first kappa shape index (κ1) is 23.8. The number of aryl methyl sites for hydroxylation is 2. The molecule has 0 saturated heterocycles. The second-order valence-electron chi connectivity index (χ2n) is 7.79. The van der Waals surface area contributed by atoms with E-state index < -0.39 is 31.7 Å². The van der Waals surface area contributed by atoms with E-state index in [2.05, 4.69) is 0 Å². The van der Waals surface area contributed by atoms with Crippen LogP contribution >= 0.6 is 0 Å². The van der Waals surface area contributed by atoms with Gasteiger partial charge in [0, 0.05) is 7.05 Å². The number of hydrogen-bond donors (Lipinski definition) is 0. The molecule has 2 rings (SSSR count). The number of carbonyl (C=O) groups is 1. The molecule has 0 unspecified atom stereocenters. The van der Waals surface area contributed by atoms with Crippen LogP contribution in [0.15, 0.2) is 58.3 Å². The fraction of sp³-hybridized carbons (Fsp3) is 0.350. The van der Waals surface area contributed by atoms with Crippen LogP contribution in [0, 0.1) is 13.8 Å². The van der Waals surface area contributed by atoms with Crippen molar-refractivity contribution in [1.82, 2.24) is 8.83 Å². The molecule has 0 saturated carbocycles. The second kappa shape index (κ2) is 8.37. The summed E-state index contributed by atoms with van der Waals surface area (Å²) in [4.78, 5) is 12.4. The third kappa shape index (κ3) is 5.18. The molecule has 8 nitrogen and oxygen atoms in total. The Hall–Kier alpha value is -2.43. The summed E-state index contributed by atoms with van der Waals surface area (Å²) in [5.74, 6) is 0. The largest absolute Gasteiger partial charge is 0.442 e. The van der Waals surface area contributed by atoms with E-state index in [1.807, 2.05) is 0 Å². The first-order chi connectivity index (χ1) is 13.7. The smallest absolute Gasteiger partial charge is 0.440 e. The molecule has 0 N–H and O–H groups in total. The highest BCUT2D eigenvalue weighted by Crippen LogP contribution is 2.25. The normalized spacial score (nSPS) is 12.6. The molecule has 1 amide bonds. The van der Waals surface area contributed by atoms with Crippen LogP contribution in [-0.4, -0.2) is 44.4 Å². The number of carbonyl (C=O) groups excluding carboxylic acids is 1. The van der Waals surface area contributed by atoms with Crippen molar-refractivity contribution in [2.45, 2.75) is 50.0 Å². The third-order valence-corrected chi connectivity index (χ3v) is 7.57. The molecule has 0 fully saturated rings. The Morgan fingerprint density at radius 3 is 1.50 bits per heavy atom. The molecule has 30 heavy (non-hydrogen) atoms. The lowest BCUT2D eigenvalue weighted by Crippen LogP contribution is -2.52. The van der Waals surface area contributed by atoms with E-state index in [1.165, 1.54) is 24.3 Å². The Labute approximate surface area is 178 Å². The highest BCUT2D eigenvalue weighted by molar-refractivity contribution is 7.92. The van der Waals surface area contributed by atoms with Gasteiger partial charge in [-0.3, -0.25) is 0 Å². The summed E-state index contributed by atoms with van der Waals surface area (Å²) in [6.45, 7) is 8.22. The molecule has 2 aromatic carbocycles. The molecule has 0 aliphatic rings. The zero-order valence-corrected chi connectivity index (χ0v) is 19.4. The minimum Gasteiger partial charge on any atom is -0.442 e. The maximum atomic E-state index is 13.3. The Morgan fingerprint density at radius 2 is 1.13 bits per heavy atom. The lowest BCUT2D eigenvalue weighted by atomic mass is 10.2. The van der Waals surface area contributed by atoms with Crippen LogP contribution in [0.4, 0.5) is 4.79 Å². The van der Waals surface area contributed by atoms with Crippen LogP contribution in [0.25, 0.3) is 0 Å². The van der Waals surface area contributed by atoms with Gasteiger partial charge >= 0.3 is 6.09 Å². The van der Waals surface area contributed by atoms with Crippen molar-refractivity contribution in [1.29, 1.82) is 0 Å². The second-order valence-corrected chi connectivity index (χ2v) is 11.5. The van der Waals surface area contributed by atoms with E-state index in [4.69, 9.17) is 4.74 Å². The molecular formula is C20H26N2O6S2. The first-order valence-corrected chi connectivity index (χ1v) is 11.9. The van der Waals surface area contributed by atoms with Crippen LogP contribution < -0.4 is 0 Å². The molecule has 0 atom stereocenters. The summed E-state index contributed by atoms with van der Waals surface area (Å²) in [6.07, 6.45) is -1.33. The standard InChI is InChI=1S/C20H26N2O6S2/c1-15-7-11-17(12-8-15)29(24,25)21(6)22(19(23)28-20(3,4)5)30(26,27)18-13-9-16(2)10-14-18/h7-14H,1-6H3. The summed E-state index contributed by atoms with van der Waals surface area (Å²) in [7, 11) is -7.97. The number of ether oxygens (including phenoxy) is 1. The van der Waals surface area contributed by atoms with Crippen LogP contribution in [-0.2, 0) is 24.8 Å². The third-order valence-electron chi connectivity index (χ3n) is 4.02. The van der Waals surface area contributed by atoms with Crippen molar-refractivity contribution in [2.75, 3.05) is 7.05 Å². The highest BCUT2D eigenvalue weighted by Gasteiger charge is 2.41. The van der Waals surface area contributed by atoms with Crippen molar-refractivity contribution >= 4 is 26.1 Å². The van der Waals surface area contributed by atoms with Gasteiger partial charge in [0.15, 0.2) is 0 Å². The van der Waals surface area contributed by atoms with Gasteiger partial charge in [0.25, 0.3) is 20.0 Å². The molecule has 0 bridgehead atoms. The van der Waals surface area contributed by atoms with Crippen molar-refractivity contribution in [2.24, 2.45) is 0 Å².